The summed E-state index contributed by atoms with van der Waals surface area (Å²) < 4.78 is 58.2. The highest BCUT2D eigenvalue weighted by atomic mass is 32.2. The second-order valence-corrected chi connectivity index (χ2v) is 7.62. The van der Waals surface area contributed by atoms with Gasteiger partial charge in [-0.2, -0.15) is 8.78 Å². The summed E-state index contributed by atoms with van der Waals surface area (Å²) in [7, 11) is -4.75. The van der Waals surface area contributed by atoms with E-state index in [-0.39, 0.29) is 5.56 Å². The molecule has 0 spiro atoms. The summed E-state index contributed by atoms with van der Waals surface area (Å²) in [5, 5.41) is 0. The van der Waals surface area contributed by atoms with E-state index >= 15 is 0 Å². The number of ketones is 1. The Morgan fingerprint density at radius 1 is 0.964 bits per heavy atom. The van der Waals surface area contributed by atoms with Gasteiger partial charge in [0.1, 0.15) is 5.75 Å². The van der Waals surface area contributed by atoms with E-state index in [9.17, 15) is 26.8 Å². The van der Waals surface area contributed by atoms with E-state index in [0.717, 1.165) is 24.3 Å². The SMILES string of the molecule is CCOc1ccc(C(=O)[C@@H](C)OC(=O)c2ccc(S(=O)(=O)C(F)F)cc2)cc1. The fourth-order valence-electron chi connectivity index (χ4n) is 2.28. The van der Waals surface area contributed by atoms with Crippen molar-refractivity contribution in [1.29, 1.82) is 0 Å². The lowest BCUT2D eigenvalue weighted by Crippen LogP contribution is -2.24. The molecule has 0 fully saturated rings. The Labute approximate surface area is 161 Å². The number of hydrogen-bond donors (Lipinski definition) is 0. The van der Waals surface area contributed by atoms with Crippen LogP contribution in [0, 0.1) is 0 Å². The lowest BCUT2D eigenvalue weighted by Gasteiger charge is -2.13. The number of benzene rings is 2. The van der Waals surface area contributed by atoms with Gasteiger partial charge in [-0.3, -0.25) is 4.79 Å². The molecule has 0 heterocycles. The lowest BCUT2D eigenvalue weighted by atomic mass is 10.1. The number of hydrogen-bond acceptors (Lipinski definition) is 6. The molecule has 0 bridgehead atoms. The number of carbonyl (C=O) groups excluding carboxylic acids is 2. The molecule has 9 heteroatoms. The molecule has 2 aromatic carbocycles. The molecule has 0 radical (unpaired) electrons. The Kier molecular flexibility index (Phi) is 6.85. The number of alkyl halides is 2. The second kappa shape index (κ2) is 8.92. The summed E-state index contributed by atoms with van der Waals surface area (Å²) in [5.41, 5.74) is 0.252. The molecule has 0 aliphatic heterocycles. The van der Waals surface area contributed by atoms with Gasteiger partial charge in [0, 0.05) is 5.56 Å². The van der Waals surface area contributed by atoms with Crippen molar-refractivity contribution >= 4 is 21.6 Å². The van der Waals surface area contributed by atoms with Gasteiger partial charge < -0.3 is 9.47 Å². The van der Waals surface area contributed by atoms with E-state index < -0.39 is 38.3 Å². The van der Waals surface area contributed by atoms with Crippen LogP contribution in [0.3, 0.4) is 0 Å². The topological polar surface area (TPSA) is 86.7 Å². The number of esters is 1. The number of halogens is 2. The summed E-state index contributed by atoms with van der Waals surface area (Å²) in [4.78, 5) is 23.9. The van der Waals surface area contributed by atoms with Crippen LogP contribution in [0.25, 0.3) is 0 Å². The predicted molar refractivity (Wildman–Crippen MR) is 96.5 cm³/mol. The van der Waals surface area contributed by atoms with Gasteiger partial charge >= 0.3 is 11.7 Å². The van der Waals surface area contributed by atoms with Crippen LogP contribution in [-0.2, 0) is 14.6 Å². The molecule has 150 valence electrons. The van der Waals surface area contributed by atoms with Crippen LogP contribution < -0.4 is 4.74 Å². The molecule has 0 saturated heterocycles. The van der Waals surface area contributed by atoms with Crippen LogP contribution in [-0.4, -0.2) is 38.6 Å². The molecule has 0 amide bonds. The Morgan fingerprint density at radius 2 is 1.50 bits per heavy atom. The number of sulfone groups is 1. The molecule has 0 aromatic heterocycles. The summed E-state index contributed by atoms with van der Waals surface area (Å²) in [6.07, 6.45) is -1.10. The minimum atomic E-state index is -4.75. The lowest BCUT2D eigenvalue weighted by molar-refractivity contribution is 0.0318. The van der Waals surface area contributed by atoms with Gasteiger partial charge in [0.05, 0.1) is 17.1 Å². The highest BCUT2D eigenvalue weighted by molar-refractivity contribution is 7.91. The van der Waals surface area contributed by atoms with Crippen LogP contribution in [0.2, 0.25) is 0 Å². The van der Waals surface area contributed by atoms with Gasteiger partial charge in [0.15, 0.2) is 6.10 Å². The van der Waals surface area contributed by atoms with Crippen molar-refractivity contribution < 1.29 is 36.3 Å². The summed E-state index contributed by atoms with van der Waals surface area (Å²) in [5.74, 6) is -4.28. The Balaban J connectivity index is 2.06. The summed E-state index contributed by atoms with van der Waals surface area (Å²) in [6, 6.07) is 10.2. The zero-order chi connectivity index (χ0) is 20.9. The van der Waals surface area contributed by atoms with Gasteiger partial charge in [-0.15, -0.1) is 0 Å². The fourth-order valence-corrected chi connectivity index (χ4v) is 3.00. The first-order chi connectivity index (χ1) is 13.2. The Morgan fingerprint density at radius 3 is 2.00 bits per heavy atom. The molecule has 6 nitrogen and oxygen atoms in total. The molecule has 0 aliphatic rings. The average Bonchev–Trinajstić information content (AvgIpc) is 2.68. The monoisotopic (exact) mass is 412 g/mol. The van der Waals surface area contributed by atoms with Crippen molar-refractivity contribution in [2.24, 2.45) is 0 Å². The van der Waals surface area contributed by atoms with Crippen LogP contribution in [0.1, 0.15) is 34.6 Å². The largest absolute Gasteiger partial charge is 0.494 e. The average molecular weight is 412 g/mol. The van der Waals surface area contributed by atoms with Gasteiger partial charge in [-0.05, 0) is 62.4 Å². The number of carbonyl (C=O) groups is 2. The second-order valence-electron chi connectivity index (χ2n) is 5.70. The Bertz CT molecular complexity index is 937. The van der Waals surface area contributed by atoms with Gasteiger partial charge in [0.2, 0.25) is 15.6 Å². The van der Waals surface area contributed by atoms with Crippen LogP contribution in [0.5, 0.6) is 5.75 Å². The van der Waals surface area contributed by atoms with Gasteiger partial charge in [-0.25, -0.2) is 13.2 Å². The van der Waals surface area contributed by atoms with Crippen molar-refractivity contribution in [3.8, 4) is 5.75 Å². The van der Waals surface area contributed by atoms with E-state index in [0.29, 0.717) is 17.9 Å². The molecule has 1 atom stereocenters. The van der Waals surface area contributed by atoms with Crippen LogP contribution >= 0.6 is 0 Å². The van der Waals surface area contributed by atoms with Crippen molar-refractivity contribution in [1.82, 2.24) is 0 Å². The summed E-state index contributed by atoms with van der Waals surface area (Å²) in [6.45, 7) is 3.71. The van der Waals surface area contributed by atoms with E-state index in [2.05, 4.69) is 0 Å². The third-order valence-corrected chi connectivity index (χ3v) is 5.15. The van der Waals surface area contributed by atoms with Gasteiger partial charge in [0.25, 0.3) is 0 Å². The number of ether oxygens (including phenoxy) is 2. The third-order valence-electron chi connectivity index (χ3n) is 3.76. The third kappa shape index (κ3) is 4.92. The summed E-state index contributed by atoms with van der Waals surface area (Å²) >= 11 is 0. The first-order valence-corrected chi connectivity index (χ1v) is 9.81. The molecule has 0 N–H and O–H groups in total. The maximum absolute atomic E-state index is 12.5. The van der Waals surface area contributed by atoms with Crippen molar-refractivity contribution in [2.75, 3.05) is 6.61 Å². The van der Waals surface area contributed by atoms with E-state index in [4.69, 9.17) is 9.47 Å². The molecule has 2 rings (SSSR count). The van der Waals surface area contributed by atoms with Gasteiger partial charge in [-0.1, -0.05) is 0 Å². The maximum atomic E-state index is 12.5. The standard InChI is InChI=1S/C19H18F2O6S/c1-3-26-15-8-4-13(5-9-15)17(22)12(2)27-18(23)14-6-10-16(11-7-14)28(24,25)19(20)21/h4-12,19H,3H2,1-2H3/t12-/m1/s1. The van der Waals surface area contributed by atoms with Crippen molar-refractivity contribution in [2.45, 2.75) is 30.6 Å². The molecular formula is C19H18F2O6S. The highest BCUT2D eigenvalue weighted by Gasteiger charge is 2.27. The van der Waals surface area contributed by atoms with E-state index in [1.54, 1.807) is 24.3 Å². The minimum absolute atomic E-state index is 0.0699. The van der Waals surface area contributed by atoms with Crippen molar-refractivity contribution in [3.05, 3.63) is 59.7 Å². The molecule has 0 saturated carbocycles. The van der Waals surface area contributed by atoms with Crippen LogP contribution in [0.4, 0.5) is 8.78 Å². The zero-order valence-electron chi connectivity index (χ0n) is 15.1. The molecule has 0 aliphatic carbocycles. The first kappa shape index (κ1) is 21.5. The smallest absolute Gasteiger partial charge is 0.341 e. The quantitative estimate of drug-likeness (QED) is 0.487. The molecule has 0 unspecified atom stereocenters. The molecule has 2 aromatic rings. The van der Waals surface area contributed by atoms with Crippen molar-refractivity contribution in [3.63, 3.8) is 0 Å². The minimum Gasteiger partial charge on any atom is -0.494 e. The van der Waals surface area contributed by atoms with E-state index in [1.807, 2.05) is 6.92 Å². The number of Topliss-reactive ketones (excluding diaryl/α,β-unsaturated/α-hetero) is 1. The fraction of sp³-hybridized carbons (Fsp3) is 0.263. The predicted octanol–water partition coefficient (Wildman–Crippen LogP) is 3.51. The molecule has 28 heavy (non-hydrogen) atoms. The first-order valence-electron chi connectivity index (χ1n) is 8.27. The maximum Gasteiger partial charge on any atom is 0.341 e. The van der Waals surface area contributed by atoms with E-state index in [1.165, 1.54) is 6.92 Å². The highest BCUT2D eigenvalue weighted by Crippen LogP contribution is 2.20. The number of rotatable bonds is 8. The normalized spacial score (nSPS) is 12.5. The zero-order valence-corrected chi connectivity index (χ0v) is 15.9. The Hall–Kier alpha value is -2.81. The molecular weight excluding hydrogens is 394 g/mol. The van der Waals surface area contributed by atoms with Crippen LogP contribution in [0.15, 0.2) is 53.4 Å².